The zero-order chi connectivity index (χ0) is 14.7. The van der Waals surface area contributed by atoms with Crippen molar-refractivity contribution >= 4 is 5.91 Å². The maximum atomic E-state index is 12.9. The van der Waals surface area contributed by atoms with Gasteiger partial charge in [0, 0.05) is 12.6 Å². The molecule has 0 aromatic heterocycles. The molecule has 3 heteroatoms. The third kappa shape index (κ3) is 2.42. The average Bonchev–Trinajstić information content (AvgIpc) is 2.79. The third-order valence-electron chi connectivity index (χ3n) is 6.97. The molecule has 5 aliphatic rings. The Labute approximate surface area is 128 Å². The number of nitrogens with two attached hydrogens (primary N) is 1. The van der Waals surface area contributed by atoms with Crippen LogP contribution in [0.2, 0.25) is 0 Å². The first-order valence-electron chi connectivity index (χ1n) is 9.00. The first kappa shape index (κ1) is 14.0. The average molecular weight is 290 g/mol. The first-order valence-corrected chi connectivity index (χ1v) is 9.00. The Bertz CT molecular complexity index is 432. The Balaban J connectivity index is 1.42. The lowest BCUT2D eigenvalue weighted by atomic mass is 9.44. The Morgan fingerprint density at radius 1 is 1.14 bits per heavy atom. The fraction of sp³-hybridized carbons (Fsp3) is 0.944. The molecule has 0 aromatic rings. The van der Waals surface area contributed by atoms with Gasteiger partial charge in [-0.05, 0) is 81.0 Å². The number of hydrogen-bond acceptors (Lipinski definition) is 2. The van der Waals surface area contributed by atoms with Crippen molar-refractivity contribution < 1.29 is 4.79 Å². The molecule has 21 heavy (non-hydrogen) atoms. The molecule has 0 aromatic carbocycles. The fourth-order valence-electron chi connectivity index (χ4n) is 6.71. The molecule has 0 heterocycles. The van der Waals surface area contributed by atoms with Gasteiger partial charge < -0.3 is 11.1 Å². The second-order valence-corrected chi connectivity index (χ2v) is 9.20. The molecular formula is C18H30N2O. The van der Waals surface area contributed by atoms with Gasteiger partial charge in [0.2, 0.25) is 5.91 Å². The maximum absolute atomic E-state index is 12.9. The van der Waals surface area contributed by atoms with Gasteiger partial charge in [0.15, 0.2) is 0 Å². The topological polar surface area (TPSA) is 55.1 Å². The smallest absolute Gasteiger partial charge is 0.226 e. The molecule has 0 aliphatic heterocycles. The van der Waals surface area contributed by atoms with E-state index in [0.717, 1.165) is 50.5 Å². The van der Waals surface area contributed by atoms with E-state index in [1.165, 1.54) is 25.7 Å². The first-order chi connectivity index (χ1) is 9.96. The number of rotatable bonds is 3. The van der Waals surface area contributed by atoms with E-state index < -0.39 is 0 Å². The van der Waals surface area contributed by atoms with Gasteiger partial charge in [-0.25, -0.2) is 0 Å². The van der Waals surface area contributed by atoms with Gasteiger partial charge in [0.25, 0.3) is 0 Å². The molecule has 5 fully saturated rings. The minimum absolute atomic E-state index is 0.0143. The molecule has 5 aliphatic carbocycles. The molecule has 4 unspecified atom stereocenters. The molecule has 3 N–H and O–H groups in total. The molecular weight excluding hydrogens is 260 g/mol. The molecule has 1 amide bonds. The van der Waals surface area contributed by atoms with Crippen LogP contribution in [0.4, 0.5) is 0 Å². The van der Waals surface area contributed by atoms with E-state index in [1.807, 2.05) is 0 Å². The highest BCUT2D eigenvalue weighted by molar-refractivity contribution is 5.83. The Morgan fingerprint density at radius 3 is 2.43 bits per heavy atom. The SMILES string of the molecule is CC12CC3CC(C1)CC(C(=O)NCC1CCC(N)C1)(C3)C2. The van der Waals surface area contributed by atoms with Crippen molar-refractivity contribution in [3.8, 4) is 0 Å². The number of carbonyl (C=O) groups is 1. The van der Waals surface area contributed by atoms with E-state index in [1.54, 1.807) is 0 Å². The monoisotopic (exact) mass is 290 g/mol. The normalized spacial score (nSPS) is 51.3. The summed E-state index contributed by atoms with van der Waals surface area (Å²) in [4.78, 5) is 12.9. The number of nitrogens with one attached hydrogen (secondary N) is 1. The van der Waals surface area contributed by atoms with E-state index in [9.17, 15) is 4.79 Å². The summed E-state index contributed by atoms with van der Waals surface area (Å²) >= 11 is 0. The molecule has 5 saturated carbocycles. The van der Waals surface area contributed by atoms with Gasteiger partial charge in [-0.3, -0.25) is 4.79 Å². The predicted molar refractivity (Wildman–Crippen MR) is 83.5 cm³/mol. The Morgan fingerprint density at radius 2 is 1.86 bits per heavy atom. The third-order valence-corrected chi connectivity index (χ3v) is 6.97. The van der Waals surface area contributed by atoms with Crippen molar-refractivity contribution in [3.05, 3.63) is 0 Å². The van der Waals surface area contributed by atoms with Crippen molar-refractivity contribution in [3.63, 3.8) is 0 Å². The summed E-state index contributed by atoms with van der Waals surface area (Å²) in [6.45, 7) is 3.29. The van der Waals surface area contributed by atoms with Crippen LogP contribution < -0.4 is 11.1 Å². The lowest BCUT2D eigenvalue weighted by Gasteiger charge is -2.60. The van der Waals surface area contributed by atoms with E-state index in [2.05, 4.69) is 12.2 Å². The molecule has 0 saturated heterocycles. The van der Waals surface area contributed by atoms with Crippen molar-refractivity contribution in [1.82, 2.24) is 5.32 Å². The fourth-order valence-corrected chi connectivity index (χ4v) is 6.71. The van der Waals surface area contributed by atoms with Gasteiger partial charge in [-0.2, -0.15) is 0 Å². The van der Waals surface area contributed by atoms with E-state index in [0.29, 0.717) is 23.3 Å². The molecule has 0 radical (unpaired) electrons. The van der Waals surface area contributed by atoms with Gasteiger partial charge in [-0.15, -0.1) is 0 Å². The quantitative estimate of drug-likeness (QED) is 0.840. The summed E-state index contributed by atoms with van der Waals surface area (Å²) in [7, 11) is 0. The molecule has 3 nitrogen and oxygen atoms in total. The van der Waals surface area contributed by atoms with Crippen LogP contribution in [-0.4, -0.2) is 18.5 Å². The van der Waals surface area contributed by atoms with Crippen molar-refractivity contribution in [2.45, 2.75) is 70.8 Å². The van der Waals surface area contributed by atoms with Crippen LogP contribution in [0.1, 0.15) is 64.7 Å². The largest absolute Gasteiger partial charge is 0.355 e. The van der Waals surface area contributed by atoms with Crippen molar-refractivity contribution in [2.75, 3.05) is 6.54 Å². The zero-order valence-corrected chi connectivity index (χ0v) is 13.4. The highest BCUT2D eigenvalue weighted by Gasteiger charge is 2.58. The summed E-state index contributed by atoms with van der Waals surface area (Å²) in [5.41, 5.74) is 6.42. The molecule has 4 atom stereocenters. The van der Waals surface area contributed by atoms with Gasteiger partial charge >= 0.3 is 0 Å². The zero-order valence-electron chi connectivity index (χ0n) is 13.4. The number of amides is 1. The van der Waals surface area contributed by atoms with Gasteiger partial charge in [0.05, 0.1) is 5.41 Å². The summed E-state index contributed by atoms with van der Waals surface area (Å²) in [5, 5.41) is 3.32. The van der Waals surface area contributed by atoms with E-state index in [-0.39, 0.29) is 5.41 Å². The number of carbonyl (C=O) groups excluding carboxylic acids is 1. The molecule has 0 spiro atoms. The maximum Gasteiger partial charge on any atom is 0.226 e. The van der Waals surface area contributed by atoms with Gasteiger partial charge in [0.1, 0.15) is 0 Å². The molecule has 118 valence electrons. The second kappa shape index (κ2) is 4.71. The second-order valence-electron chi connectivity index (χ2n) is 9.20. The van der Waals surface area contributed by atoms with Crippen molar-refractivity contribution in [2.24, 2.45) is 34.3 Å². The van der Waals surface area contributed by atoms with Crippen LogP contribution >= 0.6 is 0 Å². The van der Waals surface area contributed by atoms with E-state index >= 15 is 0 Å². The van der Waals surface area contributed by atoms with Crippen molar-refractivity contribution in [1.29, 1.82) is 0 Å². The van der Waals surface area contributed by atoms with Crippen LogP contribution in [0, 0.1) is 28.6 Å². The molecule has 4 bridgehead atoms. The van der Waals surface area contributed by atoms with Crippen LogP contribution in [-0.2, 0) is 4.79 Å². The lowest BCUT2D eigenvalue weighted by molar-refractivity contribution is -0.155. The number of hydrogen-bond donors (Lipinski definition) is 2. The van der Waals surface area contributed by atoms with E-state index in [4.69, 9.17) is 5.73 Å². The molecule has 5 rings (SSSR count). The van der Waals surface area contributed by atoms with Gasteiger partial charge in [-0.1, -0.05) is 6.92 Å². The highest BCUT2D eigenvalue weighted by Crippen LogP contribution is 2.65. The van der Waals surface area contributed by atoms with Crippen LogP contribution in [0.15, 0.2) is 0 Å². The Hall–Kier alpha value is -0.570. The minimum Gasteiger partial charge on any atom is -0.355 e. The summed E-state index contributed by atoms with van der Waals surface area (Å²) < 4.78 is 0. The lowest BCUT2D eigenvalue weighted by Crippen LogP contribution is -2.57. The summed E-state index contributed by atoms with van der Waals surface area (Å²) in [6.07, 6.45) is 11.0. The van der Waals surface area contributed by atoms with Crippen LogP contribution in [0.5, 0.6) is 0 Å². The summed E-state index contributed by atoms with van der Waals surface area (Å²) in [6, 6.07) is 0.366. The highest BCUT2D eigenvalue weighted by atomic mass is 16.2. The predicted octanol–water partition coefficient (Wildman–Crippen LogP) is 2.84. The summed E-state index contributed by atoms with van der Waals surface area (Å²) in [5.74, 6) is 2.64. The van der Waals surface area contributed by atoms with Crippen LogP contribution in [0.3, 0.4) is 0 Å². The Kier molecular flexibility index (Phi) is 3.15. The minimum atomic E-state index is -0.0143. The standard InChI is InChI=1S/C18H30N2O/c1-17-6-13-4-14(7-17)9-18(8-13,11-17)16(21)20-10-12-2-3-15(19)5-12/h12-15H,2-11,19H2,1H3,(H,20,21). The van der Waals surface area contributed by atoms with Crippen LogP contribution in [0.25, 0.3) is 0 Å².